The van der Waals surface area contributed by atoms with Gasteiger partial charge in [0, 0.05) is 6.04 Å². The smallest absolute Gasteiger partial charge is 0.258 e. The van der Waals surface area contributed by atoms with Gasteiger partial charge in [0.25, 0.3) is 5.91 Å². The highest BCUT2D eigenvalue weighted by atomic mass is 35.5. The molecular weight excluding hydrogens is 325 g/mol. The van der Waals surface area contributed by atoms with Crippen molar-refractivity contribution in [2.24, 2.45) is 0 Å². The third kappa shape index (κ3) is 4.01. The maximum atomic E-state index is 11.7. The maximum absolute atomic E-state index is 11.7. The van der Waals surface area contributed by atoms with Crippen LogP contribution in [0.4, 0.5) is 0 Å². The molecule has 0 spiro atoms. The molecule has 8 heteroatoms. The van der Waals surface area contributed by atoms with Crippen LogP contribution < -0.4 is 10.1 Å². The molecule has 0 radical (unpaired) electrons. The fourth-order valence-corrected chi connectivity index (χ4v) is 3.94. The summed E-state index contributed by atoms with van der Waals surface area (Å²) in [6, 6.07) is 4.53. The molecule has 1 saturated heterocycles. The monoisotopic (exact) mass is 337 g/mol. The van der Waals surface area contributed by atoms with Gasteiger partial charge >= 0.3 is 0 Å². The third-order valence-corrected chi connectivity index (χ3v) is 5.44. The van der Waals surface area contributed by atoms with E-state index in [0.29, 0.717) is 17.2 Å². The molecule has 0 unspecified atom stereocenters. The van der Waals surface area contributed by atoms with Crippen molar-refractivity contribution in [2.45, 2.75) is 12.5 Å². The van der Waals surface area contributed by atoms with Crippen molar-refractivity contribution in [1.29, 1.82) is 0 Å². The number of ether oxygens (including phenoxy) is 1. The average Bonchev–Trinajstić information content (AvgIpc) is 2.70. The molecule has 20 heavy (non-hydrogen) atoms. The van der Waals surface area contributed by atoms with Crippen LogP contribution in [0.1, 0.15) is 6.42 Å². The fourth-order valence-electron chi connectivity index (χ4n) is 1.92. The normalized spacial score (nSPS) is 20.6. The second-order valence-electron chi connectivity index (χ2n) is 4.51. The number of hydrogen-bond donors (Lipinski definition) is 1. The first-order valence-electron chi connectivity index (χ1n) is 5.94. The number of sulfone groups is 1. The highest BCUT2D eigenvalue weighted by molar-refractivity contribution is 7.91. The van der Waals surface area contributed by atoms with Gasteiger partial charge < -0.3 is 10.1 Å². The summed E-state index contributed by atoms with van der Waals surface area (Å²) in [6.45, 7) is -0.239. The predicted molar refractivity (Wildman–Crippen MR) is 77.2 cm³/mol. The largest absolute Gasteiger partial charge is 0.482 e. The zero-order valence-corrected chi connectivity index (χ0v) is 12.8. The van der Waals surface area contributed by atoms with E-state index in [-0.39, 0.29) is 35.1 Å². The number of carbonyl (C=O) groups excluding carboxylic acids is 1. The van der Waals surface area contributed by atoms with Crippen molar-refractivity contribution >= 4 is 38.9 Å². The summed E-state index contributed by atoms with van der Waals surface area (Å²) in [6.07, 6.45) is 0.437. The highest BCUT2D eigenvalue weighted by Crippen LogP contribution is 2.31. The number of hydrogen-bond acceptors (Lipinski definition) is 4. The summed E-state index contributed by atoms with van der Waals surface area (Å²) >= 11 is 11.7. The van der Waals surface area contributed by atoms with Gasteiger partial charge in [-0.2, -0.15) is 0 Å². The lowest BCUT2D eigenvalue weighted by Gasteiger charge is -2.12. The topological polar surface area (TPSA) is 72.5 Å². The second-order valence-corrected chi connectivity index (χ2v) is 7.52. The Morgan fingerprint density at radius 2 is 2.15 bits per heavy atom. The lowest BCUT2D eigenvalue weighted by Crippen LogP contribution is -2.38. The molecule has 0 aliphatic carbocycles. The van der Waals surface area contributed by atoms with Crippen molar-refractivity contribution in [2.75, 3.05) is 18.1 Å². The summed E-state index contributed by atoms with van der Waals surface area (Å²) in [4.78, 5) is 11.7. The molecule has 1 aromatic carbocycles. The lowest BCUT2D eigenvalue weighted by molar-refractivity contribution is -0.123. The number of amides is 1. The zero-order chi connectivity index (χ0) is 14.8. The van der Waals surface area contributed by atoms with Crippen LogP contribution in [0.2, 0.25) is 10.0 Å². The molecule has 1 amide bonds. The molecule has 1 N–H and O–H groups in total. The van der Waals surface area contributed by atoms with Gasteiger partial charge in [-0.15, -0.1) is 0 Å². The summed E-state index contributed by atoms with van der Waals surface area (Å²) in [5.41, 5.74) is 0. The van der Waals surface area contributed by atoms with Gasteiger partial charge in [-0.1, -0.05) is 29.3 Å². The number of nitrogens with one attached hydrogen (secondary N) is 1. The van der Waals surface area contributed by atoms with Crippen molar-refractivity contribution in [3.05, 3.63) is 28.2 Å². The molecule has 1 fully saturated rings. The van der Waals surface area contributed by atoms with Crippen LogP contribution in [0, 0.1) is 0 Å². The molecule has 1 aliphatic rings. The summed E-state index contributed by atoms with van der Waals surface area (Å²) in [5, 5.41) is 3.20. The van der Waals surface area contributed by atoms with Crippen molar-refractivity contribution in [3.8, 4) is 5.75 Å². The van der Waals surface area contributed by atoms with Crippen LogP contribution in [0.3, 0.4) is 0 Å². The Morgan fingerprint density at radius 3 is 2.80 bits per heavy atom. The highest BCUT2D eigenvalue weighted by Gasteiger charge is 2.28. The van der Waals surface area contributed by atoms with E-state index in [1.54, 1.807) is 18.2 Å². The summed E-state index contributed by atoms with van der Waals surface area (Å²) < 4.78 is 27.8. The van der Waals surface area contributed by atoms with Gasteiger partial charge in [0.15, 0.2) is 16.4 Å². The number of rotatable bonds is 4. The van der Waals surface area contributed by atoms with Gasteiger partial charge in [0.05, 0.1) is 16.5 Å². The van der Waals surface area contributed by atoms with E-state index < -0.39 is 9.84 Å². The predicted octanol–water partition coefficient (Wildman–Crippen LogP) is 1.68. The van der Waals surface area contributed by atoms with E-state index in [9.17, 15) is 13.2 Å². The van der Waals surface area contributed by atoms with E-state index in [4.69, 9.17) is 27.9 Å². The van der Waals surface area contributed by atoms with Crippen molar-refractivity contribution in [3.63, 3.8) is 0 Å². The number of benzene rings is 1. The molecular formula is C12H13Cl2NO4S. The van der Waals surface area contributed by atoms with E-state index >= 15 is 0 Å². The third-order valence-electron chi connectivity index (χ3n) is 2.87. The van der Waals surface area contributed by atoms with Crippen molar-refractivity contribution < 1.29 is 17.9 Å². The minimum Gasteiger partial charge on any atom is -0.482 e. The Balaban J connectivity index is 1.85. The first kappa shape index (κ1) is 15.4. The molecule has 110 valence electrons. The Labute approximate surface area is 127 Å². The quantitative estimate of drug-likeness (QED) is 0.907. The minimum absolute atomic E-state index is 0.0172. The van der Waals surface area contributed by atoms with Crippen LogP contribution in [0.15, 0.2) is 18.2 Å². The van der Waals surface area contributed by atoms with Crippen molar-refractivity contribution in [1.82, 2.24) is 5.32 Å². The van der Waals surface area contributed by atoms with Crippen LogP contribution in [-0.2, 0) is 14.6 Å². The Bertz CT molecular complexity index is 618. The SMILES string of the molecule is O=C(COc1cccc(Cl)c1Cl)N[C@@H]1CCS(=O)(=O)C1. The van der Waals surface area contributed by atoms with Gasteiger partial charge in [-0.05, 0) is 18.6 Å². The molecule has 2 rings (SSSR count). The van der Waals surface area contributed by atoms with E-state index in [1.165, 1.54) is 0 Å². The van der Waals surface area contributed by atoms with Gasteiger partial charge in [-0.3, -0.25) is 4.79 Å². The average molecular weight is 338 g/mol. The Morgan fingerprint density at radius 1 is 1.40 bits per heavy atom. The van der Waals surface area contributed by atoms with E-state index in [2.05, 4.69) is 5.32 Å². The van der Waals surface area contributed by atoms with Crippen LogP contribution >= 0.6 is 23.2 Å². The maximum Gasteiger partial charge on any atom is 0.258 e. The van der Waals surface area contributed by atoms with Gasteiger partial charge in [-0.25, -0.2) is 8.42 Å². The van der Waals surface area contributed by atoms with E-state index in [0.717, 1.165) is 0 Å². The Hall–Kier alpha value is -0.980. The number of carbonyl (C=O) groups is 1. The van der Waals surface area contributed by atoms with Crippen LogP contribution in [-0.4, -0.2) is 38.5 Å². The second kappa shape index (κ2) is 6.20. The molecule has 1 aliphatic heterocycles. The standard InChI is InChI=1S/C12H13Cl2NO4S/c13-9-2-1-3-10(12(9)14)19-6-11(16)15-8-4-5-20(17,18)7-8/h1-3,8H,4-7H2,(H,15,16)/t8-/m1/s1. The van der Waals surface area contributed by atoms with Gasteiger partial charge in [0.2, 0.25) is 0 Å². The first-order valence-corrected chi connectivity index (χ1v) is 8.52. The van der Waals surface area contributed by atoms with Crippen LogP contribution in [0.5, 0.6) is 5.75 Å². The molecule has 0 saturated carbocycles. The molecule has 1 heterocycles. The van der Waals surface area contributed by atoms with Gasteiger partial charge in [0.1, 0.15) is 10.8 Å². The number of halogens is 2. The zero-order valence-electron chi connectivity index (χ0n) is 10.4. The first-order chi connectivity index (χ1) is 9.37. The molecule has 1 atom stereocenters. The molecule has 5 nitrogen and oxygen atoms in total. The molecule has 1 aromatic rings. The lowest BCUT2D eigenvalue weighted by atomic mass is 10.2. The summed E-state index contributed by atoms with van der Waals surface area (Å²) in [5.74, 6) is 0.0202. The fraction of sp³-hybridized carbons (Fsp3) is 0.417. The summed E-state index contributed by atoms with van der Waals surface area (Å²) in [7, 11) is -3.01. The Kier molecular flexibility index (Phi) is 4.78. The van der Waals surface area contributed by atoms with E-state index in [1.807, 2.05) is 0 Å². The molecule has 0 bridgehead atoms. The minimum atomic E-state index is -3.01. The molecule has 0 aromatic heterocycles. The van der Waals surface area contributed by atoms with Crippen LogP contribution in [0.25, 0.3) is 0 Å².